The van der Waals surface area contributed by atoms with Crippen LogP contribution in [-0.4, -0.2) is 27.6 Å². The summed E-state index contributed by atoms with van der Waals surface area (Å²) in [4.78, 5) is 6.80. The van der Waals surface area contributed by atoms with Crippen LogP contribution >= 0.6 is 0 Å². The summed E-state index contributed by atoms with van der Waals surface area (Å²) in [7, 11) is 0. The number of aliphatic hydroxyl groups is 1. The lowest BCUT2D eigenvalue weighted by atomic mass is 10.1. The first-order chi connectivity index (χ1) is 10.7. The summed E-state index contributed by atoms with van der Waals surface area (Å²) in [5, 5.41) is 9.83. The molecule has 1 saturated carbocycles. The summed E-state index contributed by atoms with van der Waals surface area (Å²) >= 11 is 0. The van der Waals surface area contributed by atoms with Crippen molar-refractivity contribution in [2.24, 2.45) is 5.92 Å². The summed E-state index contributed by atoms with van der Waals surface area (Å²) in [5.41, 5.74) is 2.20. The van der Waals surface area contributed by atoms with Crippen LogP contribution < -0.4 is 0 Å². The third kappa shape index (κ3) is 3.57. The van der Waals surface area contributed by atoms with E-state index in [0.29, 0.717) is 12.5 Å². The molecule has 0 saturated heterocycles. The predicted octanol–water partition coefficient (Wildman–Crippen LogP) is 3.06. The van der Waals surface area contributed by atoms with E-state index in [0.717, 1.165) is 23.9 Å². The predicted molar refractivity (Wildman–Crippen MR) is 85.3 cm³/mol. The number of aryl methyl sites for hydroxylation is 2. The second kappa shape index (κ2) is 6.63. The minimum atomic E-state index is 0.188. The van der Waals surface area contributed by atoms with Crippen LogP contribution in [0.1, 0.15) is 35.7 Å². The van der Waals surface area contributed by atoms with Gasteiger partial charge in [0.05, 0.1) is 18.8 Å². The van der Waals surface area contributed by atoms with E-state index in [1.807, 2.05) is 19.9 Å². The fourth-order valence-electron chi connectivity index (χ4n) is 2.93. The van der Waals surface area contributed by atoms with E-state index in [1.165, 1.54) is 18.4 Å². The van der Waals surface area contributed by atoms with E-state index in [1.54, 1.807) is 0 Å². The van der Waals surface area contributed by atoms with Crippen LogP contribution in [-0.2, 0) is 13.1 Å². The van der Waals surface area contributed by atoms with Gasteiger partial charge in [-0.15, -0.1) is 0 Å². The Bertz CT molecular complexity index is 585. The van der Waals surface area contributed by atoms with Crippen molar-refractivity contribution in [1.29, 1.82) is 0 Å². The van der Waals surface area contributed by atoms with Crippen LogP contribution in [0.25, 0.3) is 0 Å². The molecule has 0 spiro atoms. The van der Waals surface area contributed by atoms with Gasteiger partial charge in [0.15, 0.2) is 0 Å². The Morgan fingerprint density at radius 2 is 1.95 bits per heavy atom. The quantitative estimate of drug-likeness (QED) is 0.854. The van der Waals surface area contributed by atoms with Gasteiger partial charge in [-0.1, -0.05) is 30.3 Å². The van der Waals surface area contributed by atoms with Gasteiger partial charge in [-0.2, -0.15) is 0 Å². The topological polar surface area (TPSA) is 49.5 Å². The number of oxazole rings is 1. The number of nitrogens with zero attached hydrogens (tertiary/aromatic N) is 2. The van der Waals surface area contributed by atoms with E-state index in [2.05, 4.69) is 34.1 Å². The minimum absolute atomic E-state index is 0.188. The fourth-order valence-corrected chi connectivity index (χ4v) is 2.93. The molecule has 22 heavy (non-hydrogen) atoms. The van der Waals surface area contributed by atoms with Crippen molar-refractivity contribution in [2.75, 3.05) is 6.61 Å². The van der Waals surface area contributed by atoms with Crippen LogP contribution in [0.2, 0.25) is 0 Å². The van der Waals surface area contributed by atoms with Crippen molar-refractivity contribution in [3.8, 4) is 0 Å². The fraction of sp³-hybridized carbons (Fsp3) is 0.500. The molecule has 0 aliphatic heterocycles. The zero-order valence-corrected chi connectivity index (χ0v) is 13.3. The minimum Gasteiger partial charge on any atom is -0.444 e. The number of hydrogen-bond donors (Lipinski definition) is 1. The molecule has 118 valence electrons. The van der Waals surface area contributed by atoms with Gasteiger partial charge in [0.25, 0.3) is 0 Å². The number of hydrogen-bond acceptors (Lipinski definition) is 4. The van der Waals surface area contributed by atoms with Gasteiger partial charge in [0.2, 0.25) is 5.89 Å². The molecule has 1 aliphatic carbocycles. The standard InChI is InChI=1S/C18H24N2O2/c1-13-14(2)22-18(19-13)11-20(17(12-21)16-8-9-16)10-15-6-4-3-5-7-15/h3-7,16-17,21H,8-12H2,1-2H3. The maximum atomic E-state index is 9.83. The van der Waals surface area contributed by atoms with Crippen molar-refractivity contribution < 1.29 is 9.52 Å². The molecule has 1 N–H and O–H groups in total. The molecule has 1 aliphatic rings. The average molecular weight is 300 g/mol. The summed E-state index contributed by atoms with van der Waals surface area (Å²) < 4.78 is 5.74. The smallest absolute Gasteiger partial charge is 0.208 e. The lowest BCUT2D eigenvalue weighted by Gasteiger charge is -2.29. The molecule has 0 bridgehead atoms. The number of benzene rings is 1. The molecular formula is C18H24N2O2. The number of aromatic nitrogens is 1. The molecule has 0 amide bonds. The highest BCUT2D eigenvalue weighted by Gasteiger charge is 2.35. The normalized spacial score (nSPS) is 16.2. The Morgan fingerprint density at radius 3 is 2.50 bits per heavy atom. The van der Waals surface area contributed by atoms with E-state index < -0.39 is 0 Å². The molecule has 1 fully saturated rings. The first kappa shape index (κ1) is 15.3. The van der Waals surface area contributed by atoms with Gasteiger partial charge in [-0.25, -0.2) is 4.98 Å². The average Bonchev–Trinajstić information content (AvgIpc) is 3.28. The van der Waals surface area contributed by atoms with Crippen molar-refractivity contribution >= 4 is 0 Å². The van der Waals surface area contributed by atoms with E-state index in [9.17, 15) is 5.11 Å². The highest BCUT2D eigenvalue weighted by atomic mass is 16.4. The Hall–Kier alpha value is -1.65. The molecule has 1 atom stereocenters. The van der Waals surface area contributed by atoms with E-state index >= 15 is 0 Å². The molecule has 1 aromatic carbocycles. The van der Waals surface area contributed by atoms with Crippen LogP contribution in [0, 0.1) is 19.8 Å². The summed E-state index contributed by atoms with van der Waals surface area (Å²) in [5.74, 6) is 2.22. The monoisotopic (exact) mass is 300 g/mol. The molecule has 4 nitrogen and oxygen atoms in total. The summed E-state index contributed by atoms with van der Waals surface area (Å²) in [6.07, 6.45) is 2.42. The zero-order valence-electron chi connectivity index (χ0n) is 13.3. The van der Waals surface area contributed by atoms with Gasteiger partial charge < -0.3 is 9.52 Å². The van der Waals surface area contributed by atoms with Gasteiger partial charge in [0, 0.05) is 12.6 Å². The third-order valence-electron chi connectivity index (χ3n) is 4.46. The SMILES string of the molecule is Cc1nc(CN(Cc2ccccc2)C(CO)C2CC2)oc1C. The Balaban J connectivity index is 1.78. The van der Waals surface area contributed by atoms with Crippen LogP contribution in [0.5, 0.6) is 0 Å². The second-order valence-electron chi connectivity index (χ2n) is 6.23. The largest absolute Gasteiger partial charge is 0.444 e. The van der Waals surface area contributed by atoms with Gasteiger partial charge in [0.1, 0.15) is 5.76 Å². The van der Waals surface area contributed by atoms with Gasteiger partial charge >= 0.3 is 0 Å². The van der Waals surface area contributed by atoms with Gasteiger partial charge in [-0.05, 0) is 38.2 Å². The lowest BCUT2D eigenvalue weighted by Crippen LogP contribution is -2.38. The Kier molecular flexibility index (Phi) is 4.60. The van der Waals surface area contributed by atoms with Crippen molar-refractivity contribution in [1.82, 2.24) is 9.88 Å². The van der Waals surface area contributed by atoms with Crippen LogP contribution in [0.15, 0.2) is 34.7 Å². The molecule has 4 heteroatoms. The highest BCUT2D eigenvalue weighted by Crippen LogP contribution is 2.36. The highest BCUT2D eigenvalue weighted by molar-refractivity contribution is 5.15. The maximum absolute atomic E-state index is 9.83. The first-order valence-electron chi connectivity index (χ1n) is 7.99. The number of aliphatic hydroxyl groups excluding tert-OH is 1. The summed E-state index contributed by atoms with van der Waals surface area (Å²) in [6, 6.07) is 10.6. The van der Waals surface area contributed by atoms with Gasteiger partial charge in [-0.3, -0.25) is 4.90 Å². The Morgan fingerprint density at radius 1 is 1.23 bits per heavy atom. The summed E-state index contributed by atoms with van der Waals surface area (Å²) in [6.45, 7) is 5.55. The lowest BCUT2D eigenvalue weighted by molar-refractivity contribution is 0.0864. The zero-order chi connectivity index (χ0) is 15.5. The molecule has 0 radical (unpaired) electrons. The Labute approximate surface area is 131 Å². The number of rotatable bonds is 7. The molecule has 2 aromatic rings. The van der Waals surface area contributed by atoms with Crippen LogP contribution in [0.4, 0.5) is 0 Å². The van der Waals surface area contributed by atoms with Crippen molar-refractivity contribution in [2.45, 2.75) is 45.8 Å². The molecule has 1 aromatic heterocycles. The third-order valence-corrected chi connectivity index (χ3v) is 4.46. The van der Waals surface area contributed by atoms with Crippen LogP contribution in [0.3, 0.4) is 0 Å². The second-order valence-corrected chi connectivity index (χ2v) is 6.23. The van der Waals surface area contributed by atoms with E-state index in [-0.39, 0.29) is 12.6 Å². The maximum Gasteiger partial charge on any atom is 0.208 e. The molecule has 1 heterocycles. The molecule has 3 rings (SSSR count). The first-order valence-corrected chi connectivity index (χ1v) is 7.99. The molecule has 1 unspecified atom stereocenters. The molecular weight excluding hydrogens is 276 g/mol. The van der Waals surface area contributed by atoms with Crippen molar-refractivity contribution in [3.05, 3.63) is 53.2 Å². The van der Waals surface area contributed by atoms with E-state index in [4.69, 9.17) is 4.42 Å². The van der Waals surface area contributed by atoms with Crippen molar-refractivity contribution in [3.63, 3.8) is 0 Å².